The molecule has 112 valence electrons. The molecule has 0 radical (unpaired) electrons. The first-order chi connectivity index (χ1) is 9.36. The van der Waals surface area contributed by atoms with Gasteiger partial charge in [0.2, 0.25) is 15.9 Å². The molecule has 0 spiro atoms. The van der Waals surface area contributed by atoms with Gasteiger partial charge in [-0.3, -0.25) is 4.79 Å². The molecule has 6 nitrogen and oxygen atoms in total. The van der Waals surface area contributed by atoms with Crippen LogP contribution in [0.15, 0.2) is 29.2 Å². The molecule has 0 aliphatic rings. The van der Waals surface area contributed by atoms with Crippen molar-refractivity contribution in [1.29, 1.82) is 0 Å². The molecule has 1 aromatic rings. The maximum Gasteiger partial charge on any atom is 0.241 e. The predicted octanol–water partition coefficient (Wildman–Crippen LogP) is 0.160. The van der Waals surface area contributed by atoms with Crippen LogP contribution < -0.4 is 10.0 Å². The molecular weight excluding hydrogens is 280 g/mol. The minimum Gasteiger partial charge on any atom is -0.396 e. The maximum absolute atomic E-state index is 12.1. The van der Waals surface area contributed by atoms with Gasteiger partial charge in [0, 0.05) is 13.2 Å². The molecule has 20 heavy (non-hydrogen) atoms. The van der Waals surface area contributed by atoms with Crippen molar-refractivity contribution in [3.63, 3.8) is 0 Å². The third-order valence-electron chi connectivity index (χ3n) is 2.69. The van der Waals surface area contributed by atoms with Crippen LogP contribution in [-0.4, -0.2) is 38.6 Å². The molecule has 0 fully saturated rings. The van der Waals surface area contributed by atoms with Crippen molar-refractivity contribution < 1.29 is 18.3 Å². The van der Waals surface area contributed by atoms with Gasteiger partial charge in [-0.05, 0) is 32.4 Å². The van der Waals surface area contributed by atoms with E-state index < -0.39 is 22.0 Å². The van der Waals surface area contributed by atoms with Crippen molar-refractivity contribution in [3.8, 4) is 0 Å². The van der Waals surface area contributed by atoms with Crippen LogP contribution >= 0.6 is 0 Å². The third-order valence-corrected chi connectivity index (χ3v) is 4.25. The van der Waals surface area contributed by atoms with Gasteiger partial charge < -0.3 is 10.4 Å². The molecule has 0 aliphatic carbocycles. The Morgan fingerprint density at radius 1 is 1.30 bits per heavy atom. The van der Waals surface area contributed by atoms with Gasteiger partial charge in [0.15, 0.2) is 0 Å². The van der Waals surface area contributed by atoms with E-state index in [-0.39, 0.29) is 11.5 Å². The summed E-state index contributed by atoms with van der Waals surface area (Å²) in [6.07, 6.45) is 0.434. The van der Waals surface area contributed by atoms with E-state index in [1.165, 1.54) is 19.1 Å². The zero-order valence-electron chi connectivity index (χ0n) is 11.6. The number of rotatable bonds is 7. The van der Waals surface area contributed by atoms with E-state index >= 15 is 0 Å². The third kappa shape index (κ3) is 4.92. The standard InChI is InChI=1S/C13H20N2O4S/c1-10-4-6-12(7-5-10)20(18,19)15-11(2)13(17)14-8-3-9-16/h4-7,11,15-16H,3,8-9H2,1-2H3,(H,14,17). The number of hydrogen-bond acceptors (Lipinski definition) is 4. The molecule has 0 bridgehead atoms. The van der Waals surface area contributed by atoms with Crippen molar-refractivity contribution in [1.82, 2.24) is 10.0 Å². The zero-order valence-corrected chi connectivity index (χ0v) is 12.4. The summed E-state index contributed by atoms with van der Waals surface area (Å²) in [5, 5.41) is 11.2. The minimum atomic E-state index is -3.71. The second kappa shape index (κ2) is 7.37. The van der Waals surface area contributed by atoms with Crippen LogP contribution in [0.2, 0.25) is 0 Å². The molecule has 0 aromatic heterocycles. The van der Waals surface area contributed by atoms with Crippen LogP contribution in [0.25, 0.3) is 0 Å². The lowest BCUT2D eigenvalue weighted by Gasteiger charge is -2.14. The number of carbonyl (C=O) groups excluding carboxylic acids is 1. The molecule has 7 heteroatoms. The highest BCUT2D eigenvalue weighted by Crippen LogP contribution is 2.10. The van der Waals surface area contributed by atoms with Crippen molar-refractivity contribution >= 4 is 15.9 Å². The SMILES string of the molecule is Cc1ccc(S(=O)(=O)NC(C)C(=O)NCCCO)cc1. The summed E-state index contributed by atoms with van der Waals surface area (Å²) in [6, 6.07) is 5.50. The summed E-state index contributed by atoms with van der Waals surface area (Å²) in [6.45, 7) is 3.62. The Hall–Kier alpha value is -1.44. The summed E-state index contributed by atoms with van der Waals surface area (Å²) < 4.78 is 26.4. The Balaban J connectivity index is 2.66. The van der Waals surface area contributed by atoms with Crippen LogP contribution in [0, 0.1) is 6.92 Å². The smallest absolute Gasteiger partial charge is 0.241 e. The molecule has 0 saturated heterocycles. The van der Waals surface area contributed by atoms with Crippen LogP contribution in [-0.2, 0) is 14.8 Å². The monoisotopic (exact) mass is 300 g/mol. The fraction of sp³-hybridized carbons (Fsp3) is 0.462. The van der Waals surface area contributed by atoms with Crippen molar-refractivity contribution in [2.45, 2.75) is 31.2 Å². The number of benzene rings is 1. The van der Waals surface area contributed by atoms with Gasteiger partial charge in [-0.15, -0.1) is 0 Å². The molecule has 1 aromatic carbocycles. The first-order valence-electron chi connectivity index (χ1n) is 6.34. The number of aliphatic hydroxyl groups is 1. The number of carbonyl (C=O) groups is 1. The van der Waals surface area contributed by atoms with Gasteiger partial charge >= 0.3 is 0 Å². The van der Waals surface area contributed by atoms with Crippen molar-refractivity contribution in [2.24, 2.45) is 0 Å². The van der Waals surface area contributed by atoms with E-state index in [1.54, 1.807) is 12.1 Å². The highest BCUT2D eigenvalue weighted by Gasteiger charge is 2.21. The number of hydrogen-bond donors (Lipinski definition) is 3. The van der Waals surface area contributed by atoms with E-state index in [1.807, 2.05) is 6.92 Å². The van der Waals surface area contributed by atoms with E-state index in [0.29, 0.717) is 13.0 Å². The summed E-state index contributed by atoms with van der Waals surface area (Å²) in [5.41, 5.74) is 0.957. The Kier molecular flexibility index (Phi) is 6.12. The second-order valence-electron chi connectivity index (χ2n) is 4.52. The predicted molar refractivity (Wildman–Crippen MR) is 75.7 cm³/mol. The normalized spacial score (nSPS) is 12.9. The lowest BCUT2D eigenvalue weighted by atomic mass is 10.2. The lowest BCUT2D eigenvalue weighted by Crippen LogP contribution is -2.45. The molecule has 1 rings (SSSR count). The van der Waals surface area contributed by atoms with Gasteiger partial charge in [-0.2, -0.15) is 4.72 Å². The summed E-state index contributed by atoms with van der Waals surface area (Å²) in [4.78, 5) is 11.8. The molecular formula is C13H20N2O4S. The first-order valence-corrected chi connectivity index (χ1v) is 7.82. The summed E-state index contributed by atoms with van der Waals surface area (Å²) >= 11 is 0. The molecule has 3 N–H and O–H groups in total. The maximum atomic E-state index is 12.1. The number of amides is 1. The van der Waals surface area contributed by atoms with Gasteiger partial charge in [-0.1, -0.05) is 17.7 Å². The van der Waals surface area contributed by atoms with Gasteiger partial charge in [0.1, 0.15) is 0 Å². The number of sulfonamides is 1. The molecule has 0 heterocycles. The number of aryl methyl sites for hydroxylation is 1. The van der Waals surface area contributed by atoms with Crippen molar-refractivity contribution in [3.05, 3.63) is 29.8 Å². The second-order valence-corrected chi connectivity index (χ2v) is 6.24. The molecule has 1 unspecified atom stereocenters. The minimum absolute atomic E-state index is 0.0241. The molecule has 0 aliphatic heterocycles. The molecule has 1 atom stereocenters. The highest BCUT2D eigenvalue weighted by atomic mass is 32.2. The quantitative estimate of drug-likeness (QED) is 0.625. The topological polar surface area (TPSA) is 95.5 Å². The van der Waals surface area contributed by atoms with Gasteiger partial charge in [0.05, 0.1) is 10.9 Å². The Bertz CT molecular complexity index is 540. The number of aliphatic hydroxyl groups excluding tert-OH is 1. The van der Waals surface area contributed by atoms with Crippen LogP contribution in [0.4, 0.5) is 0 Å². The Labute approximate surface area is 119 Å². The van der Waals surface area contributed by atoms with Crippen LogP contribution in [0.5, 0.6) is 0 Å². The Morgan fingerprint density at radius 3 is 2.45 bits per heavy atom. The van der Waals surface area contributed by atoms with Crippen LogP contribution in [0.3, 0.4) is 0 Å². The first kappa shape index (κ1) is 16.6. The van der Waals surface area contributed by atoms with E-state index in [9.17, 15) is 13.2 Å². The van der Waals surface area contributed by atoms with Crippen molar-refractivity contribution in [2.75, 3.05) is 13.2 Å². The van der Waals surface area contributed by atoms with E-state index in [0.717, 1.165) is 5.56 Å². The van der Waals surface area contributed by atoms with Gasteiger partial charge in [-0.25, -0.2) is 8.42 Å². The largest absolute Gasteiger partial charge is 0.396 e. The summed E-state index contributed by atoms with van der Waals surface area (Å²) in [5.74, 6) is -0.422. The fourth-order valence-corrected chi connectivity index (χ4v) is 2.72. The zero-order chi connectivity index (χ0) is 15.2. The van der Waals surface area contributed by atoms with E-state index in [2.05, 4.69) is 10.0 Å². The Morgan fingerprint density at radius 2 is 1.90 bits per heavy atom. The lowest BCUT2D eigenvalue weighted by molar-refractivity contribution is -0.122. The molecule has 0 saturated carbocycles. The molecule has 1 amide bonds. The summed E-state index contributed by atoms with van der Waals surface area (Å²) in [7, 11) is -3.71. The average molecular weight is 300 g/mol. The van der Waals surface area contributed by atoms with Gasteiger partial charge in [0.25, 0.3) is 0 Å². The fourth-order valence-electron chi connectivity index (χ4n) is 1.52. The highest BCUT2D eigenvalue weighted by molar-refractivity contribution is 7.89. The van der Waals surface area contributed by atoms with Crippen LogP contribution in [0.1, 0.15) is 18.9 Å². The van der Waals surface area contributed by atoms with E-state index in [4.69, 9.17) is 5.11 Å². The number of nitrogens with one attached hydrogen (secondary N) is 2. The average Bonchev–Trinajstić information content (AvgIpc) is 2.38.